The summed E-state index contributed by atoms with van der Waals surface area (Å²) in [7, 11) is 1.60. The van der Waals surface area contributed by atoms with E-state index in [0.29, 0.717) is 22.5 Å². The van der Waals surface area contributed by atoms with Crippen LogP contribution < -0.4 is 10.5 Å². The highest BCUT2D eigenvalue weighted by Gasteiger charge is 2.22. The minimum absolute atomic E-state index is 0.0486. The fourth-order valence-electron chi connectivity index (χ4n) is 3.11. The molecule has 0 spiro atoms. The molecule has 0 unspecified atom stereocenters. The Balaban J connectivity index is 2.07. The molecule has 0 fully saturated rings. The van der Waals surface area contributed by atoms with E-state index in [-0.39, 0.29) is 23.6 Å². The Kier molecular flexibility index (Phi) is 5.00. The van der Waals surface area contributed by atoms with Crippen LogP contribution >= 0.6 is 11.6 Å². The zero-order valence-electron chi connectivity index (χ0n) is 14.6. The van der Waals surface area contributed by atoms with Gasteiger partial charge in [0.1, 0.15) is 5.75 Å². The number of fused-ring (bicyclic) bond motifs is 1. The number of rotatable bonds is 4. The number of aromatic hydroxyl groups is 1. The van der Waals surface area contributed by atoms with E-state index in [1.807, 2.05) is 37.3 Å². The first-order valence-corrected chi connectivity index (χ1v) is 8.68. The maximum Gasteiger partial charge on any atom is 0.258 e. The van der Waals surface area contributed by atoms with Gasteiger partial charge in [0.05, 0.1) is 27.9 Å². The van der Waals surface area contributed by atoms with Crippen LogP contribution in [-0.4, -0.2) is 22.1 Å². The molecule has 0 aliphatic carbocycles. The Labute approximate surface area is 156 Å². The number of aryl methyl sites for hydroxylation is 1. The van der Waals surface area contributed by atoms with Crippen molar-refractivity contribution >= 4 is 34.1 Å². The van der Waals surface area contributed by atoms with Crippen LogP contribution in [0, 0.1) is 0 Å². The maximum atomic E-state index is 12.8. The predicted molar refractivity (Wildman–Crippen MR) is 104 cm³/mol. The van der Waals surface area contributed by atoms with Gasteiger partial charge in [0.15, 0.2) is 0 Å². The number of nitrogens with zero attached hydrogens (tertiary/aromatic N) is 2. The molecule has 1 aromatic heterocycles. The van der Waals surface area contributed by atoms with Gasteiger partial charge in [-0.05, 0) is 31.2 Å². The molecule has 0 atom stereocenters. The molecule has 26 heavy (non-hydrogen) atoms. The topological polar surface area (TPSA) is 62.5 Å². The van der Waals surface area contributed by atoms with Crippen LogP contribution in [-0.2, 0) is 18.3 Å². The zero-order valence-corrected chi connectivity index (χ0v) is 15.3. The lowest BCUT2D eigenvalue weighted by molar-refractivity contribution is -0.118. The number of pyridine rings is 1. The van der Waals surface area contributed by atoms with Crippen molar-refractivity contribution in [1.29, 1.82) is 0 Å². The van der Waals surface area contributed by atoms with E-state index >= 15 is 0 Å². The molecule has 3 aromatic rings. The summed E-state index contributed by atoms with van der Waals surface area (Å²) in [5, 5.41) is 11.4. The maximum absolute atomic E-state index is 12.8. The zero-order chi connectivity index (χ0) is 18.8. The van der Waals surface area contributed by atoms with E-state index < -0.39 is 5.56 Å². The van der Waals surface area contributed by atoms with E-state index in [1.54, 1.807) is 30.1 Å². The van der Waals surface area contributed by atoms with Crippen LogP contribution in [0.4, 0.5) is 5.69 Å². The lowest BCUT2D eigenvalue weighted by atomic mass is 10.1. The monoisotopic (exact) mass is 370 g/mol. The van der Waals surface area contributed by atoms with Crippen molar-refractivity contribution in [3.8, 4) is 5.75 Å². The summed E-state index contributed by atoms with van der Waals surface area (Å²) < 4.78 is 1.41. The van der Waals surface area contributed by atoms with Gasteiger partial charge >= 0.3 is 0 Å². The first-order valence-electron chi connectivity index (χ1n) is 8.30. The quantitative estimate of drug-likeness (QED) is 0.764. The van der Waals surface area contributed by atoms with E-state index in [4.69, 9.17) is 11.6 Å². The van der Waals surface area contributed by atoms with E-state index in [9.17, 15) is 14.7 Å². The number of carbonyl (C=O) groups excluding carboxylic acids is 1. The highest BCUT2D eigenvalue weighted by atomic mass is 35.5. The third-order valence-corrected chi connectivity index (χ3v) is 4.77. The van der Waals surface area contributed by atoms with Crippen LogP contribution in [0.3, 0.4) is 0 Å². The van der Waals surface area contributed by atoms with Crippen molar-refractivity contribution in [3.63, 3.8) is 0 Å². The summed E-state index contributed by atoms with van der Waals surface area (Å²) in [4.78, 5) is 27.1. The Morgan fingerprint density at radius 1 is 1.15 bits per heavy atom. The third kappa shape index (κ3) is 3.06. The molecule has 0 bridgehead atoms. The van der Waals surface area contributed by atoms with Crippen LogP contribution in [0.1, 0.15) is 12.5 Å². The first-order chi connectivity index (χ1) is 12.5. The third-order valence-electron chi connectivity index (χ3n) is 4.45. The van der Waals surface area contributed by atoms with Gasteiger partial charge in [-0.25, -0.2) is 0 Å². The number of hydrogen-bond donors (Lipinski definition) is 1. The van der Waals surface area contributed by atoms with Gasteiger partial charge in [-0.1, -0.05) is 35.9 Å². The molecular weight excluding hydrogens is 352 g/mol. The Morgan fingerprint density at radius 3 is 2.50 bits per heavy atom. The molecule has 6 heteroatoms. The van der Waals surface area contributed by atoms with Crippen molar-refractivity contribution in [2.45, 2.75) is 13.3 Å². The number of halogens is 1. The van der Waals surface area contributed by atoms with Crippen LogP contribution in [0.25, 0.3) is 10.9 Å². The summed E-state index contributed by atoms with van der Waals surface area (Å²) in [6.45, 7) is 2.32. The van der Waals surface area contributed by atoms with Crippen LogP contribution in [0.5, 0.6) is 5.75 Å². The summed E-state index contributed by atoms with van der Waals surface area (Å²) in [5.74, 6) is -0.497. The van der Waals surface area contributed by atoms with Crippen molar-refractivity contribution in [3.05, 3.63) is 69.5 Å². The number of anilines is 1. The van der Waals surface area contributed by atoms with Gasteiger partial charge in [0, 0.05) is 19.3 Å². The fraction of sp³-hybridized carbons (Fsp3) is 0.200. The van der Waals surface area contributed by atoms with Gasteiger partial charge in [0.25, 0.3) is 5.56 Å². The van der Waals surface area contributed by atoms with E-state index in [0.717, 1.165) is 5.69 Å². The Hall–Kier alpha value is -2.79. The first kappa shape index (κ1) is 18.0. The van der Waals surface area contributed by atoms with Crippen molar-refractivity contribution in [2.75, 3.05) is 11.4 Å². The summed E-state index contributed by atoms with van der Waals surface area (Å²) in [6, 6.07) is 14.3. The average Bonchev–Trinajstić information content (AvgIpc) is 2.64. The number of para-hydroxylation sites is 1. The molecule has 0 radical (unpaired) electrons. The van der Waals surface area contributed by atoms with Gasteiger partial charge in [-0.3, -0.25) is 9.59 Å². The molecule has 134 valence electrons. The fourth-order valence-corrected chi connectivity index (χ4v) is 3.37. The highest BCUT2D eigenvalue weighted by Crippen LogP contribution is 2.32. The highest BCUT2D eigenvalue weighted by molar-refractivity contribution is 6.36. The minimum atomic E-state index is -0.408. The predicted octanol–water partition coefficient (Wildman–Crippen LogP) is 3.49. The molecule has 0 saturated carbocycles. The smallest absolute Gasteiger partial charge is 0.258 e. The molecule has 1 amide bonds. The lowest BCUT2D eigenvalue weighted by Gasteiger charge is -2.21. The van der Waals surface area contributed by atoms with Gasteiger partial charge < -0.3 is 14.6 Å². The SMILES string of the molecule is CCN(C(=O)Cc1c(O)c2c(Cl)cccc2n(C)c1=O)c1ccccc1. The number of amides is 1. The molecule has 1 heterocycles. The standard InChI is InChI=1S/C20H19ClN2O3/c1-3-23(13-8-5-4-6-9-13)17(24)12-14-19(25)18-15(21)10-7-11-16(18)22(2)20(14)26/h4-11,25H,3,12H2,1-2H3. The van der Waals surface area contributed by atoms with E-state index in [2.05, 4.69) is 0 Å². The molecule has 3 rings (SSSR count). The van der Waals surface area contributed by atoms with Crippen LogP contribution in [0.15, 0.2) is 53.3 Å². The Bertz CT molecular complexity index is 1030. The lowest BCUT2D eigenvalue weighted by Crippen LogP contribution is -2.34. The molecule has 1 N–H and O–H groups in total. The number of likely N-dealkylation sites (N-methyl/N-ethyl adjacent to an activating group) is 1. The number of benzene rings is 2. The summed E-state index contributed by atoms with van der Waals surface area (Å²) in [6.07, 6.45) is -0.206. The molecule has 0 aliphatic heterocycles. The normalized spacial score (nSPS) is 10.9. The number of hydrogen-bond acceptors (Lipinski definition) is 3. The van der Waals surface area contributed by atoms with Crippen molar-refractivity contribution in [2.24, 2.45) is 7.05 Å². The molecule has 0 saturated heterocycles. The molecule has 0 aliphatic rings. The van der Waals surface area contributed by atoms with Gasteiger partial charge in [0.2, 0.25) is 5.91 Å². The average molecular weight is 371 g/mol. The van der Waals surface area contributed by atoms with Gasteiger partial charge in [-0.15, -0.1) is 0 Å². The largest absolute Gasteiger partial charge is 0.507 e. The second-order valence-corrected chi connectivity index (χ2v) is 6.38. The number of aromatic nitrogens is 1. The minimum Gasteiger partial charge on any atom is -0.507 e. The second kappa shape index (κ2) is 7.22. The second-order valence-electron chi connectivity index (χ2n) is 5.98. The van der Waals surface area contributed by atoms with Crippen LogP contribution in [0.2, 0.25) is 5.02 Å². The number of carbonyl (C=O) groups is 1. The van der Waals surface area contributed by atoms with Crippen molar-refractivity contribution < 1.29 is 9.90 Å². The molecule has 2 aromatic carbocycles. The molecular formula is C20H19ClN2O3. The van der Waals surface area contributed by atoms with Gasteiger partial charge in [-0.2, -0.15) is 0 Å². The summed E-state index contributed by atoms with van der Waals surface area (Å²) >= 11 is 6.21. The summed E-state index contributed by atoms with van der Waals surface area (Å²) in [5.41, 5.74) is 0.906. The Morgan fingerprint density at radius 2 is 1.85 bits per heavy atom. The molecule has 5 nitrogen and oxygen atoms in total. The van der Waals surface area contributed by atoms with E-state index in [1.165, 1.54) is 4.57 Å². The van der Waals surface area contributed by atoms with Crippen molar-refractivity contribution in [1.82, 2.24) is 4.57 Å².